The van der Waals surface area contributed by atoms with Crippen LogP contribution in [0, 0.1) is 5.92 Å². The van der Waals surface area contributed by atoms with Crippen LogP contribution in [0.1, 0.15) is 31.7 Å². The minimum absolute atomic E-state index is 0.176. The summed E-state index contributed by atoms with van der Waals surface area (Å²) in [6.07, 6.45) is 4.57. The number of benzene rings is 1. The SMILES string of the molecule is C[C@H](O)C(=O)N1CCC(CCn2c(Sc3cc4c(cc3Br)CCO4)nc3c(N)nccc32)CC1. The van der Waals surface area contributed by atoms with Gasteiger partial charge in [0.25, 0.3) is 5.91 Å². The molecule has 4 heterocycles. The number of aliphatic hydroxyl groups excluding tert-OH is 1. The Hall–Kier alpha value is -2.30. The molecule has 2 aliphatic heterocycles. The fourth-order valence-corrected chi connectivity index (χ4v) is 6.31. The van der Waals surface area contributed by atoms with Gasteiger partial charge in [0.1, 0.15) is 17.4 Å². The number of hydrogen-bond donors (Lipinski definition) is 2. The van der Waals surface area contributed by atoms with Crippen molar-refractivity contribution < 1.29 is 14.6 Å². The van der Waals surface area contributed by atoms with E-state index in [1.54, 1.807) is 22.9 Å². The fourth-order valence-electron chi connectivity index (χ4n) is 4.72. The molecule has 0 radical (unpaired) electrons. The summed E-state index contributed by atoms with van der Waals surface area (Å²) in [6, 6.07) is 6.18. The first-order chi connectivity index (χ1) is 16.4. The third-order valence-corrected chi connectivity index (χ3v) is 8.62. The Morgan fingerprint density at radius 3 is 2.94 bits per heavy atom. The summed E-state index contributed by atoms with van der Waals surface area (Å²) in [4.78, 5) is 24.0. The molecule has 34 heavy (non-hydrogen) atoms. The summed E-state index contributed by atoms with van der Waals surface area (Å²) in [7, 11) is 0. The maximum Gasteiger partial charge on any atom is 0.251 e. The summed E-state index contributed by atoms with van der Waals surface area (Å²) in [6.45, 7) is 4.44. The van der Waals surface area contributed by atoms with Crippen molar-refractivity contribution in [2.75, 3.05) is 25.4 Å². The Morgan fingerprint density at radius 2 is 2.18 bits per heavy atom. The molecule has 180 valence electrons. The number of nitrogen functional groups attached to an aromatic ring is 1. The number of rotatable bonds is 6. The number of piperidine rings is 1. The summed E-state index contributed by atoms with van der Waals surface area (Å²) in [5, 5.41) is 10.5. The fraction of sp³-hybridized carbons (Fsp3) is 0.458. The first-order valence-electron chi connectivity index (χ1n) is 11.6. The molecule has 8 nitrogen and oxygen atoms in total. The highest BCUT2D eigenvalue weighted by Crippen LogP contribution is 2.40. The average Bonchev–Trinajstić information content (AvgIpc) is 3.42. The maximum atomic E-state index is 12.1. The molecule has 2 aromatic heterocycles. The predicted octanol–water partition coefficient (Wildman–Crippen LogP) is 3.87. The number of imidazole rings is 1. The van der Waals surface area contributed by atoms with E-state index in [4.69, 9.17) is 15.5 Å². The average molecular weight is 546 g/mol. The molecule has 1 aromatic carbocycles. The lowest BCUT2D eigenvalue weighted by atomic mass is 9.93. The van der Waals surface area contributed by atoms with Crippen molar-refractivity contribution >= 4 is 50.5 Å². The number of likely N-dealkylation sites (tertiary alicyclic amines) is 1. The molecule has 1 saturated heterocycles. The number of nitrogens with two attached hydrogens (primary N) is 1. The number of anilines is 1. The van der Waals surface area contributed by atoms with E-state index in [1.807, 2.05) is 6.07 Å². The zero-order valence-corrected chi connectivity index (χ0v) is 21.4. The molecular weight excluding hydrogens is 518 g/mol. The van der Waals surface area contributed by atoms with Gasteiger partial charge in [-0.3, -0.25) is 4.79 Å². The second kappa shape index (κ2) is 9.75. The predicted molar refractivity (Wildman–Crippen MR) is 135 cm³/mol. The van der Waals surface area contributed by atoms with Crippen LogP contribution in [-0.2, 0) is 17.8 Å². The zero-order valence-electron chi connectivity index (χ0n) is 19.0. The van der Waals surface area contributed by atoms with Crippen molar-refractivity contribution in [2.45, 2.75) is 55.3 Å². The monoisotopic (exact) mass is 545 g/mol. The van der Waals surface area contributed by atoms with Gasteiger partial charge in [0.15, 0.2) is 11.0 Å². The first kappa shape index (κ1) is 23.4. The second-order valence-electron chi connectivity index (χ2n) is 8.93. The third-order valence-electron chi connectivity index (χ3n) is 6.65. The number of pyridine rings is 1. The smallest absolute Gasteiger partial charge is 0.251 e. The van der Waals surface area contributed by atoms with E-state index in [9.17, 15) is 9.90 Å². The molecule has 0 bridgehead atoms. The lowest BCUT2D eigenvalue weighted by molar-refractivity contribution is -0.140. The number of amides is 1. The number of nitrogens with zero attached hydrogens (tertiary/aromatic N) is 4. The molecule has 0 saturated carbocycles. The highest BCUT2D eigenvalue weighted by molar-refractivity contribution is 9.10. The van der Waals surface area contributed by atoms with Gasteiger partial charge in [0.2, 0.25) is 0 Å². The molecule has 5 rings (SSSR count). The van der Waals surface area contributed by atoms with Gasteiger partial charge in [-0.2, -0.15) is 0 Å². The van der Waals surface area contributed by atoms with Crippen molar-refractivity contribution in [1.29, 1.82) is 0 Å². The van der Waals surface area contributed by atoms with E-state index in [1.165, 1.54) is 12.5 Å². The summed E-state index contributed by atoms with van der Waals surface area (Å²) in [5.74, 6) is 1.70. The van der Waals surface area contributed by atoms with Gasteiger partial charge in [-0.15, -0.1) is 0 Å². The Morgan fingerprint density at radius 1 is 1.38 bits per heavy atom. The quantitative estimate of drug-likeness (QED) is 0.484. The van der Waals surface area contributed by atoms with Crippen molar-refractivity contribution in [3.8, 4) is 5.75 Å². The standard InChI is InChI=1S/C24H28BrN5O3S/c1-14(31)23(32)29-8-3-15(4-9-29)5-10-30-18-2-7-27-22(26)21(18)28-24(30)34-20-13-19-16(6-11-33-19)12-17(20)25/h2,7,12-15,31H,3-6,8-11H2,1H3,(H2,26,27)/t14-/m0/s1. The minimum Gasteiger partial charge on any atom is -0.493 e. The van der Waals surface area contributed by atoms with Crippen LogP contribution in [0.25, 0.3) is 11.0 Å². The van der Waals surface area contributed by atoms with Crippen LogP contribution in [0.2, 0.25) is 0 Å². The maximum absolute atomic E-state index is 12.1. The van der Waals surface area contributed by atoms with Crippen LogP contribution in [0.3, 0.4) is 0 Å². The Balaban J connectivity index is 1.36. The van der Waals surface area contributed by atoms with Gasteiger partial charge in [-0.1, -0.05) is 11.8 Å². The molecule has 0 aliphatic carbocycles. The van der Waals surface area contributed by atoms with Crippen LogP contribution in [0.5, 0.6) is 5.75 Å². The van der Waals surface area contributed by atoms with Gasteiger partial charge in [0.05, 0.1) is 12.1 Å². The normalized spacial score (nSPS) is 17.1. The molecule has 1 amide bonds. The van der Waals surface area contributed by atoms with Crippen molar-refractivity contribution in [2.24, 2.45) is 5.92 Å². The van der Waals surface area contributed by atoms with Crippen LogP contribution < -0.4 is 10.5 Å². The molecule has 0 spiro atoms. The van der Waals surface area contributed by atoms with Crippen LogP contribution in [0.4, 0.5) is 5.82 Å². The number of aryl methyl sites for hydroxylation is 1. The van der Waals surface area contributed by atoms with E-state index < -0.39 is 6.10 Å². The van der Waals surface area contributed by atoms with Crippen molar-refractivity contribution in [3.05, 3.63) is 34.4 Å². The Labute approximate surface area is 211 Å². The van der Waals surface area contributed by atoms with Gasteiger partial charge in [-0.25, -0.2) is 9.97 Å². The van der Waals surface area contributed by atoms with Gasteiger partial charge in [0, 0.05) is 41.6 Å². The Kier molecular flexibility index (Phi) is 6.72. The van der Waals surface area contributed by atoms with E-state index in [0.717, 1.165) is 70.1 Å². The number of carbonyl (C=O) groups is 1. The second-order valence-corrected chi connectivity index (χ2v) is 10.8. The van der Waals surface area contributed by atoms with Crippen LogP contribution >= 0.6 is 27.7 Å². The minimum atomic E-state index is -0.934. The molecule has 3 N–H and O–H groups in total. The molecule has 10 heteroatoms. The number of ether oxygens (including phenoxy) is 1. The summed E-state index contributed by atoms with van der Waals surface area (Å²) >= 11 is 5.32. The summed E-state index contributed by atoms with van der Waals surface area (Å²) < 4.78 is 9.03. The Bertz CT molecular complexity index is 1220. The number of halogens is 1. The summed E-state index contributed by atoms with van der Waals surface area (Å²) in [5.41, 5.74) is 9.08. The van der Waals surface area contributed by atoms with E-state index in [2.05, 4.69) is 37.6 Å². The number of carbonyl (C=O) groups excluding carboxylic acids is 1. The number of aromatic nitrogens is 3. The molecular formula is C24H28BrN5O3S. The van der Waals surface area contributed by atoms with E-state index >= 15 is 0 Å². The largest absolute Gasteiger partial charge is 0.493 e. The zero-order chi connectivity index (χ0) is 23.8. The lowest BCUT2D eigenvalue weighted by Gasteiger charge is -2.32. The van der Waals surface area contributed by atoms with E-state index in [-0.39, 0.29) is 5.91 Å². The van der Waals surface area contributed by atoms with Crippen LogP contribution in [0.15, 0.2) is 38.9 Å². The van der Waals surface area contributed by atoms with Crippen molar-refractivity contribution in [3.63, 3.8) is 0 Å². The molecule has 3 aromatic rings. The molecule has 1 atom stereocenters. The number of hydrogen-bond acceptors (Lipinski definition) is 7. The number of fused-ring (bicyclic) bond motifs is 2. The topological polar surface area (TPSA) is 106 Å². The number of aliphatic hydroxyl groups is 1. The first-order valence-corrected chi connectivity index (χ1v) is 13.2. The van der Waals surface area contributed by atoms with Gasteiger partial charge in [-0.05, 0) is 71.8 Å². The van der Waals surface area contributed by atoms with Gasteiger partial charge < -0.3 is 25.0 Å². The van der Waals surface area contributed by atoms with E-state index in [0.29, 0.717) is 24.8 Å². The third kappa shape index (κ3) is 4.63. The highest BCUT2D eigenvalue weighted by Gasteiger charge is 2.26. The molecule has 0 unspecified atom stereocenters. The molecule has 2 aliphatic rings. The van der Waals surface area contributed by atoms with Crippen LogP contribution in [-0.4, -0.2) is 56.2 Å². The molecule has 1 fully saturated rings. The van der Waals surface area contributed by atoms with Crippen molar-refractivity contribution in [1.82, 2.24) is 19.4 Å². The lowest BCUT2D eigenvalue weighted by Crippen LogP contribution is -2.43. The highest BCUT2D eigenvalue weighted by atomic mass is 79.9. The van der Waals surface area contributed by atoms with Gasteiger partial charge >= 0.3 is 0 Å².